The van der Waals surface area contributed by atoms with Crippen LogP contribution in [0.3, 0.4) is 0 Å². The Morgan fingerprint density at radius 2 is 2.22 bits per heavy atom. The van der Waals surface area contributed by atoms with Crippen LogP contribution in [-0.2, 0) is 9.53 Å². The van der Waals surface area contributed by atoms with E-state index in [0.717, 1.165) is 0 Å². The number of aliphatic hydroxyl groups excluding tert-OH is 2. The maximum Gasteiger partial charge on any atom is 0.249 e. The molecular weight excluding hydrogens is 238 g/mol. The summed E-state index contributed by atoms with van der Waals surface area (Å²) in [5.41, 5.74) is 11.1. The van der Waals surface area contributed by atoms with Crippen LogP contribution >= 0.6 is 0 Å². The van der Waals surface area contributed by atoms with Crippen molar-refractivity contribution in [1.29, 1.82) is 0 Å². The number of nitrogens with one attached hydrogen (secondary N) is 1. The Hall–Kier alpha value is -0.730. The van der Waals surface area contributed by atoms with Crippen LogP contribution in [0.2, 0.25) is 0 Å². The molecular formula is C11H23N3O4. The van der Waals surface area contributed by atoms with E-state index < -0.39 is 24.2 Å². The summed E-state index contributed by atoms with van der Waals surface area (Å²) < 4.78 is 5.10. The zero-order valence-corrected chi connectivity index (χ0v) is 10.6. The van der Waals surface area contributed by atoms with Gasteiger partial charge in [-0.15, -0.1) is 0 Å². The highest BCUT2D eigenvalue weighted by Crippen LogP contribution is 2.20. The second-order valence-electron chi connectivity index (χ2n) is 4.70. The van der Waals surface area contributed by atoms with Crippen molar-refractivity contribution in [3.8, 4) is 0 Å². The van der Waals surface area contributed by atoms with Crippen LogP contribution < -0.4 is 16.8 Å². The minimum absolute atomic E-state index is 0.216. The lowest BCUT2D eigenvalue weighted by molar-refractivity contribution is -0.131. The second kappa shape index (κ2) is 7.01. The van der Waals surface area contributed by atoms with Crippen molar-refractivity contribution in [1.82, 2.24) is 5.32 Å². The lowest BCUT2D eigenvalue weighted by Gasteiger charge is -2.37. The van der Waals surface area contributed by atoms with Crippen molar-refractivity contribution < 1.29 is 19.7 Å². The number of rotatable bonds is 5. The van der Waals surface area contributed by atoms with Crippen molar-refractivity contribution in [2.45, 2.75) is 49.7 Å². The third kappa shape index (κ3) is 3.89. The Labute approximate surface area is 106 Å². The minimum Gasteiger partial charge on any atom is -0.390 e. The maximum atomic E-state index is 11.6. The van der Waals surface area contributed by atoms with Gasteiger partial charge in [0.2, 0.25) is 5.91 Å². The van der Waals surface area contributed by atoms with Gasteiger partial charge in [0.05, 0.1) is 12.2 Å². The standard InChI is InChI=1S/C11H23N3O4/c1-18-10-7(13)4-6(5-9(10)16)14-11(17)8(15)2-3-12/h6-10,15-16H,2-5,12-13H2,1H3,(H,14,17)/t6?,7?,8?,9?,10-/m1/s1. The summed E-state index contributed by atoms with van der Waals surface area (Å²) in [6.07, 6.45) is -1.14. The zero-order chi connectivity index (χ0) is 13.7. The topological polar surface area (TPSA) is 131 Å². The molecule has 7 nitrogen and oxygen atoms in total. The predicted molar refractivity (Wildman–Crippen MR) is 65.6 cm³/mol. The molecule has 0 heterocycles. The van der Waals surface area contributed by atoms with E-state index in [-0.39, 0.29) is 25.0 Å². The first-order valence-electron chi connectivity index (χ1n) is 6.14. The Kier molecular flexibility index (Phi) is 5.97. The molecule has 0 spiro atoms. The summed E-state index contributed by atoms with van der Waals surface area (Å²) in [6.45, 7) is 0.243. The van der Waals surface area contributed by atoms with Gasteiger partial charge >= 0.3 is 0 Å². The molecule has 1 fully saturated rings. The fourth-order valence-electron chi connectivity index (χ4n) is 2.31. The highest BCUT2D eigenvalue weighted by Gasteiger charge is 2.36. The molecule has 5 atom stereocenters. The summed E-state index contributed by atoms with van der Waals surface area (Å²) in [7, 11) is 1.50. The monoisotopic (exact) mass is 261 g/mol. The number of nitrogens with two attached hydrogens (primary N) is 2. The SMILES string of the molecule is CO[C@@H]1C(N)CC(NC(=O)C(O)CCN)CC1O. The number of hydrogen-bond acceptors (Lipinski definition) is 6. The molecule has 0 bridgehead atoms. The van der Waals surface area contributed by atoms with Gasteiger partial charge in [-0.2, -0.15) is 0 Å². The second-order valence-corrected chi connectivity index (χ2v) is 4.70. The Morgan fingerprint density at radius 3 is 2.72 bits per heavy atom. The Morgan fingerprint density at radius 1 is 1.56 bits per heavy atom. The van der Waals surface area contributed by atoms with E-state index in [9.17, 15) is 15.0 Å². The molecule has 0 aromatic carbocycles. The summed E-state index contributed by atoms with van der Waals surface area (Å²) in [6, 6.07) is -0.586. The molecule has 0 aromatic heterocycles. The molecule has 1 aliphatic carbocycles. The van der Waals surface area contributed by atoms with Crippen molar-refractivity contribution in [2.24, 2.45) is 11.5 Å². The van der Waals surface area contributed by atoms with Crippen molar-refractivity contribution in [2.75, 3.05) is 13.7 Å². The smallest absolute Gasteiger partial charge is 0.249 e. The number of hydrogen-bond donors (Lipinski definition) is 5. The van der Waals surface area contributed by atoms with Gasteiger partial charge in [0.25, 0.3) is 0 Å². The van der Waals surface area contributed by atoms with Crippen molar-refractivity contribution in [3.63, 3.8) is 0 Å². The van der Waals surface area contributed by atoms with Crippen LogP contribution in [0.1, 0.15) is 19.3 Å². The molecule has 4 unspecified atom stereocenters. The first-order valence-corrected chi connectivity index (χ1v) is 6.14. The summed E-state index contributed by atoms with van der Waals surface area (Å²) in [4.78, 5) is 11.6. The van der Waals surface area contributed by atoms with Gasteiger partial charge in [-0.3, -0.25) is 4.79 Å². The van der Waals surface area contributed by atoms with Gasteiger partial charge in [0.1, 0.15) is 6.10 Å². The normalized spacial score (nSPS) is 34.1. The molecule has 1 amide bonds. The molecule has 7 N–H and O–H groups in total. The Balaban J connectivity index is 2.47. The molecule has 1 rings (SSSR count). The highest BCUT2D eigenvalue weighted by molar-refractivity contribution is 5.80. The summed E-state index contributed by atoms with van der Waals surface area (Å²) in [5, 5.41) is 22.0. The van der Waals surface area contributed by atoms with Crippen molar-refractivity contribution in [3.05, 3.63) is 0 Å². The van der Waals surface area contributed by atoms with E-state index in [1.807, 2.05) is 0 Å². The molecule has 0 saturated heterocycles. The van der Waals surface area contributed by atoms with Gasteiger partial charge in [-0.1, -0.05) is 0 Å². The lowest BCUT2D eigenvalue weighted by Crippen LogP contribution is -2.56. The zero-order valence-electron chi connectivity index (χ0n) is 10.6. The fraction of sp³-hybridized carbons (Fsp3) is 0.909. The van der Waals surface area contributed by atoms with E-state index in [0.29, 0.717) is 12.8 Å². The van der Waals surface area contributed by atoms with Crippen LogP contribution in [0.25, 0.3) is 0 Å². The number of carbonyl (C=O) groups excluding carboxylic acids is 1. The average molecular weight is 261 g/mol. The number of amides is 1. The maximum absolute atomic E-state index is 11.6. The molecule has 0 aromatic rings. The van der Waals surface area contributed by atoms with Crippen molar-refractivity contribution >= 4 is 5.91 Å². The van der Waals surface area contributed by atoms with Crippen LogP contribution in [-0.4, -0.2) is 60.2 Å². The number of aliphatic hydroxyl groups is 2. The fourth-order valence-corrected chi connectivity index (χ4v) is 2.31. The van der Waals surface area contributed by atoms with E-state index in [1.54, 1.807) is 0 Å². The van der Waals surface area contributed by atoms with Gasteiger partial charge in [0.15, 0.2) is 0 Å². The Bertz CT molecular complexity index is 265. The summed E-state index contributed by atoms with van der Waals surface area (Å²) in [5.74, 6) is -0.472. The molecule has 0 radical (unpaired) electrons. The van der Waals surface area contributed by atoms with Crippen LogP contribution in [0.4, 0.5) is 0 Å². The number of carbonyl (C=O) groups is 1. The van der Waals surface area contributed by atoms with E-state index in [2.05, 4.69) is 5.32 Å². The molecule has 18 heavy (non-hydrogen) atoms. The van der Waals surface area contributed by atoms with Gasteiger partial charge in [0, 0.05) is 19.2 Å². The molecule has 1 saturated carbocycles. The van der Waals surface area contributed by atoms with Gasteiger partial charge < -0.3 is 31.7 Å². The minimum atomic E-state index is -1.11. The van der Waals surface area contributed by atoms with Crippen LogP contribution in [0.15, 0.2) is 0 Å². The van der Waals surface area contributed by atoms with E-state index >= 15 is 0 Å². The van der Waals surface area contributed by atoms with Gasteiger partial charge in [-0.25, -0.2) is 0 Å². The highest BCUT2D eigenvalue weighted by atomic mass is 16.5. The molecule has 1 aliphatic rings. The third-order valence-electron chi connectivity index (χ3n) is 3.25. The van der Waals surface area contributed by atoms with E-state index in [4.69, 9.17) is 16.2 Å². The molecule has 106 valence electrons. The lowest BCUT2D eigenvalue weighted by atomic mass is 9.86. The first kappa shape index (κ1) is 15.3. The number of ether oxygens (including phenoxy) is 1. The predicted octanol–water partition coefficient (Wildman–Crippen LogP) is -2.32. The number of methoxy groups -OCH3 is 1. The van der Waals surface area contributed by atoms with Crippen LogP contribution in [0.5, 0.6) is 0 Å². The third-order valence-corrected chi connectivity index (χ3v) is 3.25. The van der Waals surface area contributed by atoms with E-state index in [1.165, 1.54) is 7.11 Å². The first-order chi connectivity index (χ1) is 8.49. The molecule has 7 heteroatoms. The average Bonchev–Trinajstić information content (AvgIpc) is 2.28. The largest absolute Gasteiger partial charge is 0.390 e. The molecule has 0 aliphatic heterocycles. The van der Waals surface area contributed by atoms with Crippen LogP contribution in [0, 0.1) is 0 Å². The summed E-state index contributed by atoms with van der Waals surface area (Å²) >= 11 is 0. The quantitative estimate of drug-likeness (QED) is 0.377. The van der Waals surface area contributed by atoms with Gasteiger partial charge in [-0.05, 0) is 25.8 Å².